The average Bonchev–Trinajstić information content (AvgIpc) is 3.60. The molecule has 1 fully saturated rings. The van der Waals surface area contributed by atoms with Crippen LogP contribution in [0.4, 0.5) is 0 Å². The number of ether oxygens (including phenoxy) is 2. The second-order valence-corrected chi connectivity index (χ2v) is 11.6. The molecule has 4 atom stereocenters. The van der Waals surface area contributed by atoms with Gasteiger partial charge in [-0.25, -0.2) is 0 Å². The summed E-state index contributed by atoms with van der Waals surface area (Å²) in [7, 11) is 0. The Labute approximate surface area is 256 Å². The fourth-order valence-electron chi connectivity index (χ4n) is 6.37. The molecule has 0 radical (unpaired) electrons. The van der Waals surface area contributed by atoms with Crippen LogP contribution in [0.25, 0.3) is 10.9 Å². The molecule has 1 aliphatic rings. The summed E-state index contributed by atoms with van der Waals surface area (Å²) in [6.07, 6.45) is 7.07. The van der Waals surface area contributed by atoms with Gasteiger partial charge in [0.25, 0.3) is 0 Å². The van der Waals surface area contributed by atoms with Crippen molar-refractivity contribution >= 4 is 10.9 Å². The van der Waals surface area contributed by atoms with E-state index in [1.54, 1.807) is 0 Å². The van der Waals surface area contributed by atoms with Crippen LogP contribution in [0.2, 0.25) is 0 Å². The van der Waals surface area contributed by atoms with Gasteiger partial charge in [-0.05, 0) is 55.1 Å². The molecule has 1 aromatic heterocycles. The van der Waals surface area contributed by atoms with Gasteiger partial charge in [0.1, 0.15) is 12.2 Å². The summed E-state index contributed by atoms with van der Waals surface area (Å²) in [5, 5.41) is 15.8. The van der Waals surface area contributed by atoms with Crippen molar-refractivity contribution in [3.63, 3.8) is 0 Å². The van der Waals surface area contributed by atoms with Gasteiger partial charge in [0.05, 0.1) is 31.9 Å². The number of nitrogens with two attached hydrogens (primary N) is 1. The van der Waals surface area contributed by atoms with Crippen molar-refractivity contribution < 1.29 is 14.6 Å². The third kappa shape index (κ3) is 8.54. The van der Waals surface area contributed by atoms with E-state index in [1.807, 2.05) is 36.4 Å². The van der Waals surface area contributed by atoms with Crippen LogP contribution in [-0.4, -0.2) is 72.1 Å². The minimum absolute atomic E-state index is 0.00806. The number of aliphatic hydroxyl groups is 1. The van der Waals surface area contributed by atoms with E-state index in [9.17, 15) is 5.11 Å². The van der Waals surface area contributed by atoms with Crippen LogP contribution in [0.5, 0.6) is 0 Å². The molecule has 5 rings (SSSR count). The lowest BCUT2D eigenvalue weighted by molar-refractivity contribution is -0.0823. The first kappa shape index (κ1) is 31.4. The monoisotopic (exact) mass is 584 g/mol. The zero-order valence-electron chi connectivity index (χ0n) is 25.2. The molecule has 4 unspecified atom stereocenters. The predicted octanol–water partition coefficient (Wildman–Crippen LogP) is 5.04. The van der Waals surface area contributed by atoms with E-state index < -0.39 is 0 Å². The van der Waals surface area contributed by atoms with Gasteiger partial charge < -0.3 is 30.6 Å². The van der Waals surface area contributed by atoms with E-state index in [0.717, 1.165) is 62.1 Å². The Hall–Kier alpha value is -3.04. The molecule has 1 saturated heterocycles. The van der Waals surface area contributed by atoms with Crippen molar-refractivity contribution in [2.45, 2.75) is 69.6 Å². The Bertz CT molecular complexity index is 1330. The molecular formula is C36H48N4O3. The average molecular weight is 585 g/mol. The van der Waals surface area contributed by atoms with Gasteiger partial charge in [0.15, 0.2) is 0 Å². The maximum atomic E-state index is 10.8. The first-order valence-corrected chi connectivity index (χ1v) is 15.9. The second kappa shape index (κ2) is 16.7. The summed E-state index contributed by atoms with van der Waals surface area (Å²) in [5.74, 6) is 0. The number of likely N-dealkylation sites (tertiary alicyclic amines) is 1. The highest BCUT2D eigenvalue weighted by Gasteiger charge is 2.49. The lowest BCUT2D eigenvalue weighted by atomic mass is 10.1. The molecule has 0 bridgehead atoms. The number of H-pyrrole nitrogens is 1. The van der Waals surface area contributed by atoms with E-state index in [2.05, 4.69) is 69.9 Å². The summed E-state index contributed by atoms with van der Waals surface area (Å²) < 4.78 is 13.4. The lowest BCUT2D eigenvalue weighted by Gasteiger charge is -2.30. The van der Waals surface area contributed by atoms with Crippen molar-refractivity contribution in [3.8, 4) is 0 Å². The standard InChI is InChI=1S/C36H48N4O3/c37-20-11-1-2-12-21-38-24-33-35(42-26-28-13-5-3-6-14-28)36(43-27-29-15-7-4-8-16-29)34(25-41)40(33)22-19-30-23-39-32-18-10-9-17-31(30)32/h3-10,13-18,23,33-36,38-39,41H,1-2,11-12,19-22,24-27,37H2. The van der Waals surface area contributed by atoms with Crippen LogP contribution < -0.4 is 11.1 Å². The Kier molecular flexibility index (Phi) is 12.2. The molecule has 7 nitrogen and oxygen atoms in total. The first-order valence-electron chi connectivity index (χ1n) is 15.9. The van der Waals surface area contributed by atoms with Crippen molar-refractivity contribution in [2.24, 2.45) is 5.73 Å². The molecule has 7 heteroatoms. The summed E-state index contributed by atoms with van der Waals surface area (Å²) in [6.45, 7) is 4.26. The highest BCUT2D eigenvalue weighted by atomic mass is 16.5. The van der Waals surface area contributed by atoms with Crippen molar-refractivity contribution in [2.75, 3.05) is 32.8 Å². The van der Waals surface area contributed by atoms with Crippen molar-refractivity contribution in [3.05, 3.63) is 108 Å². The second-order valence-electron chi connectivity index (χ2n) is 11.6. The number of nitrogens with one attached hydrogen (secondary N) is 2. The van der Waals surface area contributed by atoms with Crippen LogP contribution in [0, 0.1) is 0 Å². The number of aromatic nitrogens is 1. The summed E-state index contributed by atoms with van der Waals surface area (Å²) in [6, 6.07) is 28.9. The maximum Gasteiger partial charge on any atom is 0.103 e. The molecule has 0 aliphatic carbocycles. The fourth-order valence-corrected chi connectivity index (χ4v) is 6.37. The van der Waals surface area contributed by atoms with Gasteiger partial charge in [-0.3, -0.25) is 4.90 Å². The zero-order chi connectivity index (χ0) is 29.7. The molecule has 0 saturated carbocycles. The van der Waals surface area contributed by atoms with E-state index in [-0.39, 0.29) is 30.9 Å². The molecule has 3 aromatic carbocycles. The Morgan fingerprint density at radius 3 is 2.07 bits per heavy atom. The molecule has 0 amide bonds. The van der Waals surface area contributed by atoms with Gasteiger partial charge in [-0.15, -0.1) is 0 Å². The van der Waals surface area contributed by atoms with Gasteiger partial charge >= 0.3 is 0 Å². The Morgan fingerprint density at radius 1 is 0.767 bits per heavy atom. The number of aromatic amines is 1. The topological polar surface area (TPSA) is 95.8 Å². The third-order valence-electron chi connectivity index (χ3n) is 8.67. The Morgan fingerprint density at radius 2 is 1.40 bits per heavy atom. The smallest absolute Gasteiger partial charge is 0.103 e. The number of aliphatic hydroxyl groups excluding tert-OH is 1. The number of rotatable bonds is 18. The van der Waals surface area contributed by atoms with Crippen LogP contribution in [0.3, 0.4) is 0 Å². The number of hydrogen-bond donors (Lipinski definition) is 4. The van der Waals surface area contributed by atoms with Gasteiger partial charge in [0, 0.05) is 30.2 Å². The molecule has 5 N–H and O–H groups in total. The van der Waals surface area contributed by atoms with Crippen LogP contribution in [0.1, 0.15) is 42.4 Å². The van der Waals surface area contributed by atoms with E-state index in [1.165, 1.54) is 23.8 Å². The summed E-state index contributed by atoms with van der Waals surface area (Å²) >= 11 is 0. The SMILES string of the molecule is NCCCCCCNCC1C(OCc2ccccc2)C(OCc2ccccc2)C(CO)N1CCc1c[nH]c2ccccc12. The molecule has 0 spiro atoms. The van der Waals surface area contributed by atoms with Gasteiger partial charge in [-0.1, -0.05) is 91.7 Å². The minimum Gasteiger partial charge on any atom is -0.395 e. The van der Waals surface area contributed by atoms with E-state index in [0.29, 0.717) is 13.2 Å². The highest BCUT2D eigenvalue weighted by molar-refractivity contribution is 5.83. The van der Waals surface area contributed by atoms with E-state index >= 15 is 0 Å². The molecule has 2 heterocycles. The first-order chi connectivity index (χ1) is 21.3. The van der Waals surface area contributed by atoms with Crippen molar-refractivity contribution in [1.29, 1.82) is 0 Å². The van der Waals surface area contributed by atoms with Gasteiger partial charge in [0.2, 0.25) is 0 Å². The molecule has 230 valence electrons. The maximum absolute atomic E-state index is 10.8. The molecule has 43 heavy (non-hydrogen) atoms. The highest BCUT2D eigenvalue weighted by Crippen LogP contribution is 2.32. The number of hydrogen-bond acceptors (Lipinski definition) is 6. The zero-order valence-corrected chi connectivity index (χ0v) is 25.2. The number of benzene rings is 3. The van der Waals surface area contributed by atoms with Crippen LogP contribution in [0.15, 0.2) is 91.1 Å². The predicted molar refractivity (Wildman–Crippen MR) is 174 cm³/mol. The minimum atomic E-state index is -0.270. The van der Waals surface area contributed by atoms with E-state index in [4.69, 9.17) is 15.2 Å². The summed E-state index contributed by atoms with van der Waals surface area (Å²) in [5.41, 5.74) is 10.4. The van der Waals surface area contributed by atoms with Crippen molar-refractivity contribution in [1.82, 2.24) is 15.2 Å². The number of fused-ring (bicyclic) bond motifs is 1. The number of para-hydroxylation sites is 1. The Balaban J connectivity index is 1.36. The van der Waals surface area contributed by atoms with Crippen LogP contribution in [-0.2, 0) is 29.1 Å². The molecular weight excluding hydrogens is 536 g/mol. The summed E-state index contributed by atoms with van der Waals surface area (Å²) in [4.78, 5) is 5.86. The molecule has 4 aromatic rings. The normalized spacial score (nSPS) is 20.7. The fraction of sp³-hybridized carbons (Fsp3) is 0.444. The quantitative estimate of drug-likeness (QED) is 0.123. The van der Waals surface area contributed by atoms with Crippen LogP contribution >= 0.6 is 0 Å². The number of nitrogens with zero attached hydrogens (tertiary/aromatic N) is 1. The largest absolute Gasteiger partial charge is 0.395 e. The number of unbranched alkanes of at least 4 members (excludes halogenated alkanes) is 3. The molecule has 1 aliphatic heterocycles. The third-order valence-corrected chi connectivity index (χ3v) is 8.67. The lowest BCUT2D eigenvalue weighted by Crippen LogP contribution is -2.47. The van der Waals surface area contributed by atoms with Gasteiger partial charge in [-0.2, -0.15) is 0 Å².